The van der Waals surface area contributed by atoms with Gasteiger partial charge in [-0.25, -0.2) is 13.6 Å². The molecule has 2 rings (SSSR count). The lowest BCUT2D eigenvalue weighted by atomic mass is 10.0. The summed E-state index contributed by atoms with van der Waals surface area (Å²) in [7, 11) is 2.88. The van der Waals surface area contributed by atoms with Gasteiger partial charge in [-0.3, -0.25) is 9.59 Å². The molecule has 0 saturated carbocycles. The number of esters is 1. The minimum absolute atomic E-state index is 0.00522. The quantitative estimate of drug-likeness (QED) is 0.570. The number of methoxy groups -OCH3 is 2. The monoisotopic (exact) mass is 450 g/mol. The Kier molecular flexibility index (Phi) is 8.51. The fourth-order valence-corrected chi connectivity index (χ4v) is 2.66. The summed E-state index contributed by atoms with van der Waals surface area (Å²) in [6.45, 7) is 2.71. The van der Waals surface area contributed by atoms with Gasteiger partial charge < -0.3 is 24.8 Å². The molecule has 0 aliphatic rings. The molecular formula is C22H24F2N2O6. The van der Waals surface area contributed by atoms with Crippen molar-refractivity contribution in [2.45, 2.75) is 19.9 Å². The van der Waals surface area contributed by atoms with E-state index in [9.17, 15) is 23.2 Å². The first-order chi connectivity index (χ1) is 15.1. The number of amides is 2. The largest absolute Gasteiger partial charge is 0.497 e. The first-order valence-corrected chi connectivity index (χ1v) is 9.60. The number of carbonyl (C=O) groups excluding carboxylic acids is 3. The van der Waals surface area contributed by atoms with Crippen LogP contribution in [0.25, 0.3) is 0 Å². The van der Waals surface area contributed by atoms with Crippen molar-refractivity contribution in [3.63, 3.8) is 0 Å². The fourth-order valence-electron chi connectivity index (χ4n) is 2.66. The normalized spacial score (nSPS) is 11.5. The summed E-state index contributed by atoms with van der Waals surface area (Å²) in [5, 5.41) is 4.86. The zero-order chi connectivity index (χ0) is 23.8. The Bertz CT molecular complexity index is 974. The lowest BCUT2D eigenvalue weighted by molar-refractivity contribution is -0.150. The van der Waals surface area contributed by atoms with E-state index in [1.165, 1.54) is 26.4 Å². The molecule has 0 bridgehead atoms. The van der Waals surface area contributed by atoms with Gasteiger partial charge in [-0.15, -0.1) is 0 Å². The third-order valence-corrected chi connectivity index (χ3v) is 4.37. The second-order valence-corrected chi connectivity index (χ2v) is 7.08. The zero-order valence-electron chi connectivity index (χ0n) is 18.0. The van der Waals surface area contributed by atoms with Crippen LogP contribution in [0.1, 0.15) is 24.2 Å². The maximum absolute atomic E-state index is 13.2. The van der Waals surface area contributed by atoms with Crippen LogP contribution in [-0.2, 0) is 14.3 Å². The molecule has 0 aliphatic carbocycles. The highest BCUT2D eigenvalue weighted by molar-refractivity contribution is 5.98. The molecule has 0 aromatic heterocycles. The molecule has 0 saturated heterocycles. The first kappa shape index (κ1) is 24.6. The van der Waals surface area contributed by atoms with Crippen molar-refractivity contribution in [3.05, 3.63) is 53.6 Å². The summed E-state index contributed by atoms with van der Waals surface area (Å²) < 4.78 is 41.5. The highest BCUT2D eigenvalue weighted by atomic mass is 19.2. The first-order valence-electron chi connectivity index (χ1n) is 9.60. The SMILES string of the molecule is COc1cc(OC)cc(C(=O)N[C@H](C(=O)OCC(=O)Nc2ccc(F)c(F)c2)C(C)C)c1. The summed E-state index contributed by atoms with van der Waals surface area (Å²) in [6.07, 6.45) is 0. The predicted octanol–water partition coefficient (Wildman–Crippen LogP) is 2.92. The maximum Gasteiger partial charge on any atom is 0.329 e. The lowest BCUT2D eigenvalue weighted by Crippen LogP contribution is -2.46. The van der Waals surface area contributed by atoms with E-state index in [1.54, 1.807) is 19.9 Å². The molecule has 0 fully saturated rings. The van der Waals surface area contributed by atoms with Crippen LogP contribution in [0.3, 0.4) is 0 Å². The van der Waals surface area contributed by atoms with Crippen molar-refractivity contribution in [1.82, 2.24) is 5.32 Å². The fraction of sp³-hybridized carbons (Fsp3) is 0.318. The Hall–Kier alpha value is -3.69. The van der Waals surface area contributed by atoms with Crippen molar-refractivity contribution in [3.8, 4) is 11.5 Å². The van der Waals surface area contributed by atoms with E-state index in [0.29, 0.717) is 11.5 Å². The number of hydrogen-bond acceptors (Lipinski definition) is 6. The molecule has 172 valence electrons. The molecule has 0 aliphatic heterocycles. The molecule has 32 heavy (non-hydrogen) atoms. The Labute approximate surface area is 183 Å². The van der Waals surface area contributed by atoms with E-state index < -0.39 is 42.1 Å². The second kappa shape index (κ2) is 11.1. The number of ether oxygens (including phenoxy) is 3. The summed E-state index contributed by atoms with van der Waals surface area (Å²) in [5.41, 5.74) is 0.210. The van der Waals surface area contributed by atoms with E-state index >= 15 is 0 Å². The maximum atomic E-state index is 13.2. The van der Waals surface area contributed by atoms with Gasteiger partial charge in [-0.2, -0.15) is 0 Å². The van der Waals surface area contributed by atoms with Gasteiger partial charge in [-0.1, -0.05) is 13.8 Å². The third-order valence-electron chi connectivity index (χ3n) is 4.37. The van der Waals surface area contributed by atoms with Crippen LogP contribution in [0.4, 0.5) is 14.5 Å². The minimum Gasteiger partial charge on any atom is -0.497 e. The number of carbonyl (C=O) groups is 3. The van der Waals surface area contributed by atoms with Gasteiger partial charge in [0.15, 0.2) is 18.2 Å². The van der Waals surface area contributed by atoms with Crippen LogP contribution >= 0.6 is 0 Å². The van der Waals surface area contributed by atoms with E-state index in [4.69, 9.17) is 14.2 Å². The molecule has 2 amide bonds. The molecule has 2 N–H and O–H groups in total. The average molecular weight is 450 g/mol. The number of anilines is 1. The molecule has 0 radical (unpaired) electrons. The molecule has 0 spiro atoms. The highest BCUT2D eigenvalue weighted by Crippen LogP contribution is 2.22. The summed E-state index contributed by atoms with van der Waals surface area (Å²) >= 11 is 0. The van der Waals surface area contributed by atoms with Crippen LogP contribution in [-0.4, -0.2) is 44.7 Å². The Morgan fingerprint density at radius 1 is 0.938 bits per heavy atom. The Balaban J connectivity index is 2.00. The molecule has 0 heterocycles. The van der Waals surface area contributed by atoms with Crippen LogP contribution < -0.4 is 20.1 Å². The van der Waals surface area contributed by atoms with Crippen LogP contribution in [0.15, 0.2) is 36.4 Å². The number of rotatable bonds is 9. The van der Waals surface area contributed by atoms with Gasteiger partial charge in [-0.05, 0) is 30.2 Å². The third kappa shape index (κ3) is 6.66. The van der Waals surface area contributed by atoms with Gasteiger partial charge in [0.05, 0.1) is 14.2 Å². The van der Waals surface area contributed by atoms with Gasteiger partial charge in [0.25, 0.3) is 11.8 Å². The van der Waals surface area contributed by atoms with E-state index in [2.05, 4.69) is 10.6 Å². The van der Waals surface area contributed by atoms with Crippen molar-refractivity contribution in [1.29, 1.82) is 0 Å². The molecular weight excluding hydrogens is 426 g/mol. The van der Waals surface area contributed by atoms with E-state index in [-0.39, 0.29) is 17.2 Å². The smallest absolute Gasteiger partial charge is 0.329 e. The van der Waals surface area contributed by atoms with Crippen LogP contribution in [0.2, 0.25) is 0 Å². The van der Waals surface area contributed by atoms with E-state index in [1.807, 2.05) is 0 Å². The van der Waals surface area contributed by atoms with Gasteiger partial charge in [0.2, 0.25) is 0 Å². The highest BCUT2D eigenvalue weighted by Gasteiger charge is 2.27. The summed E-state index contributed by atoms with van der Waals surface area (Å²) in [4.78, 5) is 37.1. The van der Waals surface area contributed by atoms with Crippen molar-refractivity contribution in [2.75, 3.05) is 26.1 Å². The summed E-state index contributed by atoms with van der Waals surface area (Å²) in [6, 6.07) is 6.33. The Morgan fingerprint density at radius 2 is 1.56 bits per heavy atom. The molecule has 0 unspecified atom stereocenters. The van der Waals surface area contributed by atoms with Gasteiger partial charge in [0.1, 0.15) is 17.5 Å². The standard InChI is InChI=1S/C22H24F2N2O6/c1-12(2)20(26-21(28)13-7-15(30-3)10-16(8-13)31-4)22(29)32-11-19(27)25-14-5-6-17(23)18(24)9-14/h5-10,12,20H,11H2,1-4H3,(H,25,27)(H,26,28)/t20-/m0/s1. The zero-order valence-corrected chi connectivity index (χ0v) is 18.0. The van der Waals surface area contributed by atoms with Crippen molar-refractivity contribution >= 4 is 23.5 Å². The summed E-state index contributed by atoms with van der Waals surface area (Å²) in [5.74, 6) is -3.90. The number of nitrogens with one attached hydrogen (secondary N) is 2. The predicted molar refractivity (Wildman–Crippen MR) is 112 cm³/mol. The van der Waals surface area contributed by atoms with Crippen molar-refractivity contribution in [2.24, 2.45) is 5.92 Å². The topological polar surface area (TPSA) is 103 Å². The minimum atomic E-state index is -1.13. The number of hydrogen-bond donors (Lipinski definition) is 2. The Morgan fingerprint density at radius 3 is 2.09 bits per heavy atom. The van der Waals surface area contributed by atoms with Gasteiger partial charge in [0, 0.05) is 23.4 Å². The van der Waals surface area contributed by atoms with Crippen LogP contribution in [0, 0.1) is 17.6 Å². The van der Waals surface area contributed by atoms with Crippen molar-refractivity contribution < 1.29 is 37.4 Å². The van der Waals surface area contributed by atoms with E-state index in [0.717, 1.165) is 18.2 Å². The van der Waals surface area contributed by atoms with Gasteiger partial charge >= 0.3 is 5.97 Å². The number of halogens is 2. The molecule has 8 nitrogen and oxygen atoms in total. The molecule has 2 aromatic rings. The average Bonchev–Trinajstić information content (AvgIpc) is 2.77. The number of benzene rings is 2. The molecule has 2 aromatic carbocycles. The van der Waals surface area contributed by atoms with Crippen LogP contribution in [0.5, 0.6) is 11.5 Å². The lowest BCUT2D eigenvalue weighted by Gasteiger charge is -2.21. The molecule has 10 heteroatoms. The second-order valence-electron chi connectivity index (χ2n) is 7.08. The molecule has 1 atom stereocenters.